The molecule has 29 heavy (non-hydrogen) atoms. The van der Waals surface area contributed by atoms with Crippen LogP contribution in [0.15, 0.2) is 23.3 Å². The number of aliphatic hydroxyl groups excluding tert-OH is 1. The molecule has 4 aliphatic carbocycles. The van der Waals surface area contributed by atoms with E-state index in [1.54, 1.807) is 5.57 Å². The van der Waals surface area contributed by atoms with Crippen LogP contribution in [0.25, 0.3) is 0 Å². The molecule has 0 bridgehead atoms. The van der Waals surface area contributed by atoms with Crippen molar-refractivity contribution >= 4 is 5.91 Å². The van der Waals surface area contributed by atoms with E-state index in [0.717, 1.165) is 50.5 Å². The van der Waals surface area contributed by atoms with E-state index >= 15 is 0 Å². The van der Waals surface area contributed by atoms with E-state index in [-0.39, 0.29) is 17.4 Å². The average Bonchev–Trinajstić information content (AvgIpc) is 2.98. The minimum Gasteiger partial charge on any atom is -0.393 e. The SMILES string of the molecule is CC(C)CCNC(=O)/C=C1\CC[C@H]2[C@@H]3CC=C4C[C@@H](O)CC[C@]4(C)[C@H]3CC[C@]12C. The molecule has 162 valence electrons. The molecular formula is C26H41NO2. The van der Waals surface area contributed by atoms with Crippen molar-refractivity contribution in [3.8, 4) is 0 Å². The molecule has 0 radical (unpaired) electrons. The molecule has 0 aromatic heterocycles. The van der Waals surface area contributed by atoms with Gasteiger partial charge in [-0.1, -0.05) is 44.9 Å². The summed E-state index contributed by atoms with van der Waals surface area (Å²) in [6, 6.07) is 0. The Morgan fingerprint density at radius 1 is 1.21 bits per heavy atom. The summed E-state index contributed by atoms with van der Waals surface area (Å²) in [4.78, 5) is 12.5. The molecule has 3 nitrogen and oxygen atoms in total. The summed E-state index contributed by atoms with van der Waals surface area (Å²) in [5.41, 5.74) is 3.44. The monoisotopic (exact) mass is 399 g/mol. The number of carbonyl (C=O) groups is 1. The van der Waals surface area contributed by atoms with Gasteiger partial charge in [0.1, 0.15) is 0 Å². The Morgan fingerprint density at radius 3 is 2.69 bits per heavy atom. The molecule has 3 saturated carbocycles. The van der Waals surface area contributed by atoms with Gasteiger partial charge in [0.05, 0.1) is 6.10 Å². The Labute approximate surface area is 177 Å². The Bertz CT molecular complexity index is 707. The standard InChI is InChI=1S/C26H41NO2/c1-17(2)11-14-27-24(29)16-19-6-8-22-21-7-5-18-15-20(28)9-12-25(18,3)23(21)10-13-26(19,22)4/h5,16-17,20-23,28H,6-15H2,1-4H3,(H,27,29)/b19-16+/t20-,21-,22-,23-,25-,26+/m0/s1. The van der Waals surface area contributed by atoms with E-state index in [1.807, 2.05) is 6.08 Å². The molecule has 0 aromatic carbocycles. The first-order valence-corrected chi connectivity index (χ1v) is 12.1. The molecule has 0 heterocycles. The Morgan fingerprint density at radius 2 is 1.93 bits per heavy atom. The number of amides is 1. The highest BCUT2D eigenvalue weighted by Crippen LogP contribution is 2.66. The first-order chi connectivity index (χ1) is 13.7. The van der Waals surface area contributed by atoms with Gasteiger partial charge in [-0.15, -0.1) is 0 Å². The maximum Gasteiger partial charge on any atom is 0.243 e. The molecular weight excluding hydrogens is 358 g/mol. The predicted molar refractivity (Wildman–Crippen MR) is 118 cm³/mol. The lowest BCUT2D eigenvalue weighted by Gasteiger charge is -2.57. The van der Waals surface area contributed by atoms with Crippen molar-refractivity contribution in [2.45, 2.75) is 91.6 Å². The number of hydrogen-bond acceptors (Lipinski definition) is 2. The summed E-state index contributed by atoms with van der Waals surface area (Å²) < 4.78 is 0. The van der Waals surface area contributed by atoms with Crippen molar-refractivity contribution in [1.82, 2.24) is 5.32 Å². The van der Waals surface area contributed by atoms with Crippen LogP contribution >= 0.6 is 0 Å². The van der Waals surface area contributed by atoms with Crippen molar-refractivity contribution < 1.29 is 9.90 Å². The van der Waals surface area contributed by atoms with Gasteiger partial charge in [-0.05, 0) is 92.3 Å². The van der Waals surface area contributed by atoms with Crippen molar-refractivity contribution in [3.63, 3.8) is 0 Å². The van der Waals surface area contributed by atoms with Gasteiger partial charge in [0.15, 0.2) is 0 Å². The van der Waals surface area contributed by atoms with Crippen molar-refractivity contribution in [2.24, 2.45) is 34.5 Å². The molecule has 1 amide bonds. The Hall–Kier alpha value is -1.09. The van der Waals surface area contributed by atoms with Crippen LogP contribution in [0.1, 0.15) is 85.5 Å². The van der Waals surface area contributed by atoms with Crippen molar-refractivity contribution in [1.29, 1.82) is 0 Å². The topological polar surface area (TPSA) is 49.3 Å². The third-order valence-electron chi connectivity index (χ3n) is 9.25. The summed E-state index contributed by atoms with van der Waals surface area (Å²) in [6.45, 7) is 10.1. The maximum absolute atomic E-state index is 12.5. The predicted octanol–water partition coefficient (Wildman–Crippen LogP) is 5.40. The number of hydrogen-bond donors (Lipinski definition) is 2. The van der Waals surface area contributed by atoms with Crippen LogP contribution in [-0.4, -0.2) is 23.7 Å². The second kappa shape index (κ2) is 7.87. The molecule has 4 aliphatic rings. The molecule has 0 unspecified atom stereocenters. The number of fused-ring (bicyclic) bond motifs is 5. The summed E-state index contributed by atoms with van der Waals surface area (Å²) in [5.74, 6) is 2.94. The lowest BCUT2D eigenvalue weighted by atomic mass is 9.48. The fourth-order valence-electron chi connectivity index (χ4n) is 7.42. The van der Waals surface area contributed by atoms with Crippen molar-refractivity contribution in [2.75, 3.05) is 6.54 Å². The van der Waals surface area contributed by atoms with Gasteiger partial charge in [0.25, 0.3) is 0 Å². The molecule has 0 spiro atoms. The van der Waals surface area contributed by atoms with E-state index < -0.39 is 0 Å². The van der Waals surface area contributed by atoms with E-state index in [0.29, 0.717) is 17.3 Å². The minimum absolute atomic E-state index is 0.115. The summed E-state index contributed by atoms with van der Waals surface area (Å²) in [5, 5.41) is 13.3. The largest absolute Gasteiger partial charge is 0.393 e. The summed E-state index contributed by atoms with van der Waals surface area (Å²) in [6.07, 6.45) is 14.4. The molecule has 0 aliphatic heterocycles. The fourth-order valence-corrected chi connectivity index (χ4v) is 7.42. The van der Waals surface area contributed by atoms with Crippen LogP contribution in [0.3, 0.4) is 0 Å². The number of rotatable bonds is 4. The van der Waals surface area contributed by atoms with Crippen LogP contribution in [0.2, 0.25) is 0 Å². The molecule has 2 N–H and O–H groups in total. The van der Waals surface area contributed by atoms with Gasteiger partial charge in [0.2, 0.25) is 5.91 Å². The first kappa shape index (κ1) is 21.2. The van der Waals surface area contributed by atoms with Crippen molar-refractivity contribution in [3.05, 3.63) is 23.3 Å². The van der Waals surface area contributed by atoms with Crippen LogP contribution < -0.4 is 5.32 Å². The average molecular weight is 400 g/mol. The van der Waals surface area contributed by atoms with E-state index in [2.05, 4.69) is 39.1 Å². The highest BCUT2D eigenvalue weighted by atomic mass is 16.3. The number of nitrogens with one attached hydrogen (secondary N) is 1. The van der Waals surface area contributed by atoms with Gasteiger partial charge in [-0.2, -0.15) is 0 Å². The van der Waals surface area contributed by atoms with Gasteiger partial charge < -0.3 is 10.4 Å². The van der Waals surface area contributed by atoms with Gasteiger partial charge in [0, 0.05) is 12.6 Å². The zero-order chi connectivity index (χ0) is 20.8. The fraction of sp³-hybridized carbons (Fsp3) is 0.808. The third kappa shape index (κ3) is 3.73. The first-order valence-electron chi connectivity index (χ1n) is 12.1. The lowest BCUT2D eigenvalue weighted by molar-refractivity contribution is -0.116. The summed E-state index contributed by atoms with van der Waals surface area (Å²) >= 11 is 0. The van der Waals surface area contributed by atoms with Crippen LogP contribution in [0.5, 0.6) is 0 Å². The molecule has 0 aromatic rings. The van der Waals surface area contributed by atoms with E-state index in [1.165, 1.54) is 31.3 Å². The third-order valence-corrected chi connectivity index (χ3v) is 9.25. The zero-order valence-electron chi connectivity index (χ0n) is 19.0. The highest BCUT2D eigenvalue weighted by Gasteiger charge is 2.57. The molecule has 3 heteroatoms. The summed E-state index contributed by atoms with van der Waals surface area (Å²) in [7, 11) is 0. The molecule has 0 saturated heterocycles. The van der Waals surface area contributed by atoms with Crippen LogP contribution in [0.4, 0.5) is 0 Å². The molecule has 6 atom stereocenters. The zero-order valence-corrected chi connectivity index (χ0v) is 19.0. The molecule has 3 fully saturated rings. The minimum atomic E-state index is -0.130. The number of aliphatic hydroxyl groups is 1. The van der Waals surface area contributed by atoms with Gasteiger partial charge in [-0.25, -0.2) is 0 Å². The Kier molecular flexibility index (Phi) is 5.74. The smallest absolute Gasteiger partial charge is 0.243 e. The van der Waals surface area contributed by atoms with Crippen LogP contribution in [0, 0.1) is 34.5 Å². The highest BCUT2D eigenvalue weighted by molar-refractivity contribution is 5.88. The number of carbonyl (C=O) groups excluding carboxylic acids is 1. The quantitative estimate of drug-likeness (QED) is 0.491. The second-order valence-corrected chi connectivity index (χ2v) is 11.3. The number of allylic oxidation sites excluding steroid dienone is 2. The second-order valence-electron chi connectivity index (χ2n) is 11.3. The van der Waals surface area contributed by atoms with Gasteiger partial charge >= 0.3 is 0 Å². The maximum atomic E-state index is 12.5. The van der Waals surface area contributed by atoms with Crippen LogP contribution in [-0.2, 0) is 4.79 Å². The van der Waals surface area contributed by atoms with Gasteiger partial charge in [-0.3, -0.25) is 4.79 Å². The lowest BCUT2D eigenvalue weighted by Crippen LogP contribution is -2.49. The molecule has 4 rings (SSSR count). The van der Waals surface area contributed by atoms with E-state index in [9.17, 15) is 9.90 Å². The van der Waals surface area contributed by atoms with E-state index in [4.69, 9.17) is 0 Å². The Balaban J connectivity index is 1.50. The normalized spacial score (nSPS) is 42.8.